The fourth-order valence-electron chi connectivity index (χ4n) is 0.950. The second-order valence-corrected chi connectivity index (χ2v) is 5.07. The molecule has 0 radical (unpaired) electrons. The summed E-state index contributed by atoms with van der Waals surface area (Å²) in [4.78, 5) is 15.3. The molecule has 1 aliphatic heterocycles. The van der Waals surface area contributed by atoms with Crippen molar-refractivity contribution in [3.8, 4) is 0 Å². The van der Waals surface area contributed by atoms with Gasteiger partial charge in [-0.25, -0.2) is 0 Å². The van der Waals surface area contributed by atoms with Gasteiger partial charge in [-0.1, -0.05) is 11.8 Å². The largest absolute Gasteiger partial charge is 0.369 e. The van der Waals surface area contributed by atoms with Crippen LogP contribution < -0.4 is 11.1 Å². The Bertz CT molecular complexity index is 250. The van der Waals surface area contributed by atoms with Crippen molar-refractivity contribution in [1.29, 1.82) is 0 Å². The Hall–Kier alpha value is -0.710. The van der Waals surface area contributed by atoms with E-state index in [1.54, 1.807) is 11.8 Å². The molecule has 0 unspecified atom stereocenters. The van der Waals surface area contributed by atoms with Crippen LogP contribution >= 0.6 is 11.8 Å². The molecule has 80 valence electrons. The maximum absolute atomic E-state index is 11.0. The molecular formula is C9H17N3OS. The maximum atomic E-state index is 11.0. The molecule has 0 bridgehead atoms. The third-order valence-corrected chi connectivity index (χ3v) is 3.18. The Morgan fingerprint density at radius 3 is 2.93 bits per heavy atom. The van der Waals surface area contributed by atoms with E-state index in [1.165, 1.54) is 0 Å². The quantitative estimate of drug-likeness (QED) is 0.723. The van der Waals surface area contributed by atoms with Crippen molar-refractivity contribution in [1.82, 2.24) is 5.32 Å². The van der Waals surface area contributed by atoms with Crippen molar-refractivity contribution < 1.29 is 4.79 Å². The molecule has 5 heteroatoms. The van der Waals surface area contributed by atoms with Crippen LogP contribution in [-0.4, -0.2) is 29.9 Å². The molecule has 0 saturated heterocycles. The number of nitrogens with two attached hydrogens (primary N) is 1. The summed E-state index contributed by atoms with van der Waals surface area (Å²) in [5.41, 5.74) is 4.75. The summed E-state index contributed by atoms with van der Waals surface area (Å²) in [6.07, 6.45) is 1.13. The van der Waals surface area contributed by atoms with Gasteiger partial charge in [0.2, 0.25) is 5.91 Å². The molecule has 0 spiro atoms. The van der Waals surface area contributed by atoms with Gasteiger partial charge < -0.3 is 11.1 Å². The maximum Gasteiger partial charge on any atom is 0.224 e. The zero-order valence-electron chi connectivity index (χ0n) is 8.67. The third-order valence-electron chi connectivity index (χ3n) is 2.15. The first-order valence-electron chi connectivity index (χ1n) is 4.73. The van der Waals surface area contributed by atoms with Crippen LogP contribution in [-0.2, 0) is 4.79 Å². The molecule has 1 amide bonds. The minimum Gasteiger partial charge on any atom is -0.369 e. The van der Waals surface area contributed by atoms with Gasteiger partial charge in [0.15, 0.2) is 5.17 Å². The molecule has 0 atom stereocenters. The highest BCUT2D eigenvalue weighted by molar-refractivity contribution is 8.13. The lowest BCUT2D eigenvalue weighted by atomic mass is 9.93. The smallest absolute Gasteiger partial charge is 0.224 e. The van der Waals surface area contributed by atoms with Crippen LogP contribution in [0.2, 0.25) is 0 Å². The molecule has 0 aromatic heterocycles. The zero-order valence-corrected chi connectivity index (χ0v) is 9.49. The molecule has 0 aromatic rings. The summed E-state index contributed by atoms with van der Waals surface area (Å²) in [6, 6.07) is 0. The van der Waals surface area contributed by atoms with Gasteiger partial charge in [-0.05, 0) is 20.3 Å². The van der Waals surface area contributed by atoms with E-state index in [-0.39, 0.29) is 5.91 Å². The van der Waals surface area contributed by atoms with Crippen LogP contribution in [0, 0.1) is 5.41 Å². The monoisotopic (exact) mass is 215 g/mol. The number of nitrogens with zero attached hydrogens (tertiary/aromatic N) is 1. The number of thioether (sulfide) groups is 1. The van der Waals surface area contributed by atoms with E-state index in [1.807, 2.05) is 13.8 Å². The van der Waals surface area contributed by atoms with E-state index in [2.05, 4.69) is 10.3 Å². The Morgan fingerprint density at radius 1 is 1.71 bits per heavy atom. The summed E-state index contributed by atoms with van der Waals surface area (Å²) in [5.74, 6) is 0.814. The van der Waals surface area contributed by atoms with Crippen LogP contribution in [0.5, 0.6) is 0 Å². The number of amides is 1. The van der Waals surface area contributed by atoms with Gasteiger partial charge in [-0.2, -0.15) is 0 Å². The highest BCUT2D eigenvalue weighted by Crippen LogP contribution is 2.15. The highest BCUT2D eigenvalue weighted by Gasteiger charge is 2.25. The van der Waals surface area contributed by atoms with Gasteiger partial charge in [0.1, 0.15) is 0 Å². The van der Waals surface area contributed by atoms with Crippen LogP contribution in [0.1, 0.15) is 20.3 Å². The van der Waals surface area contributed by atoms with Gasteiger partial charge in [0, 0.05) is 18.8 Å². The first kappa shape index (κ1) is 11.4. The first-order chi connectivity index (χ1) is 6.52. The molecule has 0 aliphatic carbocycles. The Balaban J connectivity index is 2.39. The fourth-order valence-corrected chi connectivity index (χ4v) is 1.77. The van der Waals surface area contributed by atoms with Crippen LogP contribution in [0.3, 0.4) is 0 Å². The lowest BCUT2D eigenvalue weighted by Crippen LogP contribution is -2.42. The molecular weight excluding hydrogens is 198 g/mol. The lowest BCUT2D eigenvalue weighted by molar-refractivity contribution is -0.125. The summed E-state index contributed by atoms with van der Waals surface area (Å²) in [6.45, 7) is 5.09. The van der Waals surface area contributed by atoms with Crippen molar-refractivity contribution in [3.63, 3.8) is 0 Å². The number of carbonyl (C=O) groups excluding carboxylic acids is 1. The second kappa shape index (κ2) is 4.68. The summed E-state index contributed by atoms with van der Waals surface area (Å²) >= 11 is 1.70. The summed E-state index contributed by atoms with van der Waals surface area (Å²) < 4.78 is 0. The van der Waals surface area contributed by atoms with E-state index >= 15 is 0 Å². The molecule has 3 N–H and O–H groups in total. The Kier molecular flexibility index (Phi) is 3.80. The van der Waals surface area contributed by atoms with Gasteiger partial charge in [-0.3, -0.25) is 9.79 Å². The number of hydrogen-bond acceptors (Lipinski definition) is 4. The van der Waals surface area contributed by atoms with E-state index in [4.69, 9.17) is 5.73 Å². The minimum atomic E-state index is -0.513. The normalized spacial score (nSPS) is 17.4. The van der Waals surface area contributed by atoms with Gasteiger partial charge in [0.05, 0.1) is 5.41 Å². The molecule has 14 heavy (non-hydrogen) atoms. The van der Waals surface area contributed by atoms with Gasteiger partial charge in [0.25, 0.3) is 0 Å². The number of aliphatic imine (C=N–C) groups is 1. The Morgan fingerprint density at radius 2 is 2.43 bits per heavy atom. The number of amidine groups is 1. The number of primary amides is 1. The standard InChI is InChI=1S/C9H17N3OS/c1-9(2,7(10)13)6-12-8-11-4-3-5-14-8/h3-6H2,1-2H3,(H2,10,13)(H,11,12). The predicted molar refractivity (Wildman–Crippen MR) is 60.4 cm³/mol. The van der Waals surface area contributed by atoms with Crippen molar-refractivity contribution in [2.24, 2.45) is 16.1 Å². The zero-order chi connectivity index (χ0) is 10.6. The van der Waals surface area contributed by atoms with Crippen LogP contribution in [0.15, 0.2) is 4.99 Å². The van der Waals surface area contributed by atoms with E-state index in [0.717, 1.165) is 23.9 Å². The molecule has 1 rings (SSSR count). The molecule has 0 fully saturated rings. The molecule has 0 aromatic carbocycles. The molecule has 1 heterocycles. The van der Waals surface area contributed by atoms with E-state index in [0.29, 0.717) is 6.54 Å². The van der Waals surface area contributed by atoms with E-state index in [9.17, 15) is 4.79 Å². The van der Waals surface area contributed by atoms with Crippen molar-refractivity contribution >= 4 is 22.8 Å². The predicted octanol–water partition coefficient (Wildman–Crippen LogP) is 0.580. The summed E-state index contributed by atoms with van der Waals surface area (Å²) in [7, 11) is 0. The second-order valence-electron chi connectivity index (χ2n) is 3.99. The Labute approximate surface area is 88.7 Å². The van der Waals surface area contributed by atoms with Crippen molar-refractivity contribution in [3.05, 3.63) is 0 Å². The van der Waals surface area contributed by atoms with Crippen molar-refractivity contribution in [2.75, 3.05) is 18.8 Å². The summed E-state index contributed by atoms with van der Waals surface area (Å²) in [5, 5.41) is 4.09. The van der Waals surface area contributed by atoms with Gasteiger partial charge >= 0.3 is 0 Å². The fraction of sp³-hybridized carbons (Fsp3) is 0.778. The van der Waals surface area contributed by atoms with E-state index < -0.39 is 5.41 Å². The number of hydrogen-bond donors (Lipinski definition) is 2. The third kappa shape index (κ3) is 3.21. The number of rotatable bonds is 3. The van der Waals surface area contributed by atoms with Crippen molar-refractivity contribution in [2.45, 2.75) is 20.3 Å². The minimum absolute atomic E-state index is 0.286. The average molecular weight is 215 g/mol. The molecule has 4 nitrogen and oxygen atoms in total. The highest BCUT2D eigenvalue weighted by atomic mass is 32.2. The van der Waals surface area contributed by atoms with Crippen LogP contribution in [0.25, 0.3) is 0 Å². The average Bonchev–Trinajstić information content (AvgIpc) is 2.16. The SMILES string of the molecule is CC(C)(CNC1=NCCCS1)C(N)=O. The topological polar surface area (TPSA) is 67.5 Å². The molecule has 0 saturated carbocycles. The first-order valence-corrected chi connectivity index (χ1v) is 5.72. The molecule has 1 aliphatic rings. The van der Waals surface area contributed by atoms with Gasteiger partial charge in [-0.15, -0.1) is 0 Å². The lowest BCUT2D eigenvalue weighted by Gasteiger charge is -2.22. The number of carbonyl (C=O) groups is 1. The van der Waals surface area contributed by atoms with Crippen LogP contribution in [0.4, 0.5) is 0 Å². The number of nitrogens with one attached hydrogen (secondary N) is 1.